The van der Waals surface area contributed by atoms with E-state index in [0.29, 0.717) is 30.0 Å². The lowest BCUT2D eigenvalue weighted by Crippen LogP contribution is -2.13. The van der Waals surface area contributed by atoms with Crippen molar-refractivity contribution in [3.05, 3.63) is 16.9 Å². The van der Waals surface area contributed by atoms with Crippen molar-refractivity contribution in [2.45, 2.75) is 39.5 Å². The van der Waals surface area contributed by atoms with Gasteiger partial charge in [-0.25, -0.2) is 4.99 Å². The summed E-state index contributed by atoms with van der Waals surface area (Å²) in [5.41, 5.74) is 2.13. The second-order valence-electron chi connectivity index (χ2n) is 4.32. The Balaban J connectivity index is 2.35. The summed E-state index contributed by atoms with van der Waals surface area (Å²) in [7, 11) is 0. The first-order chi connectivity index (χ1) is 8.11. The van der Waals surface area contributed by atoms with Crippen molar-refractivity contribution in [3.8, 4) is 6.07 Å². The topological polar surface area (TPSA) is 66.4 Å². The van der Waals surface area contributed by atoms with E-state index in [2.05, 4.69) is 11.1 Å². The third-order valence-corrected chi connectivity index (χ3v) is 3.06. The molecule has 17 heavy (non-hydrogen) atoms. The first kappa shape index (κ1) is 11.6. The minimum Gasteiger partial charge on any atom is -0.442 e. The first-order valence-electron chi connectivity index (χ1n) is 5.70. The minimum atomic E-state index is 0.216. The van der Waals surface area contributed by atoms with Crippen LogP contribution in [-0.4, -0.2) is 11.5 Å². The van der Waals surface area contributed by atoms with Gasteiger partial charge in [-0.15, -0.1) is 0 Å². The Bertz CT molecular complexity index is 532. The highest BCUT2D eigenvalue weighted by atomic mass is 16.4. The van der Waals surface area contributed by atoms with Crippen LogP contribution in [0.15, 0.2) is 9.41 Å². The Morgan fingerprint density at radius 3 is 2.76 bits per heavy atom. The third kappa shape index (κ3) is 2.28. The maximum atomic E-state index is 11.3. The molecule has 0 amide bonds. The molecule has 4 nitrogen and oxygen atoms in total. The van der Waals surface area contributed by atoms with Crippen molar-refractivity contribution in [2.24, 2.45) is 4.99 Å². The maximum Gasteiger partial charge on any atom is 0.237 e. The van der Waals surface area contributed by atoms with E-state index in [-0.39, 0.29) is 5.78 Å². The number of furan rings is 1. The largest absolute Gasteiger partial charge is 0.442 e. The summed E-state index contributed by atoms with van der Waals surface area (Å²) in [4.78, 5) is 15.6. The van der Waals surface area contributed by atoms with Gasteiger partial charge in [0.2, 0.25) is 5.88 Å². The third-order valence-electron chi connectivity index (χ3n) is 3.06. The van der Waals surface area contributed by atoms with Crippen molar-refractivity contribution in [2.75, 3.05) is 0 Å². The molecule has 1 aromatic rings. The molecule has 0 aromatic carbocycles. The van der Waals surface area contributed by atoms with Gasteiger partial charge in [0.25, 0.3) is 0 Å². The Hall–Kier alpha value is -1.89. The first-order valence-corrected chi connectivity index (χ1v) is 5.70. The van der Waals surface area contributed by atoms with Crippen LogP contribution in [0.4, 0.5) is 5.88 Å². The van der Waals surface area contributed by atoms with Crippen LogP contribution < -0.4 is 0 Å². The highest BCUT2D eigenvalue weighted by Gasteiger charge is 2.18. The lowest BCUT2D eigenvalue weighted by molar-refractivity contribution is -0.118. The molecule has 0 spiro atoms. The quantitative estimate of drug-likeness (QED) is 0.744. The summed E-state index contributed by atoms with van der Waals surface area (Å²) in [5, 5.41) is 9.05. The Morgan fingerprint density at radius 2 is 2.12 bits per heavy atom. The van der Waals surface area contributed by atoms with Crippen molar-refractivity contribution in [3.63, 3.8) is 0 Å². The number of aliphatic imine (C=N–C) groups is 1. The molecular formula is C13H14N2O2. The molecule has 1 aliphatic carbocycles. The molecule has 1 fully saturated rings. The molecule has 88 valence electrons. The average molecular weight is 230 g/mol. The second-order valence-corrected chi connectivity index (χ2v) is 4.32. The molecular weight excluding hydrogens is 216 g/mol. The molecule has 2 rings (SSSR count). The predicted molar refractivity (Wildman–Crippen MR) is 63.5 cm³/mol. The molecule has 1 heterocycles. The number of nitrogens with zero attached hydrogens (tertiary/aromatic N) is 2. The number of hydrogen-bond acceptors (Lipinski definition) is 4. The summed E-state index contributed by atoms with van der Waals surface area (Å²) in [5.74, 6) is 1.28. The molecule has 1 saturated carbocycles. The van der Waals surface area contributed by atoms with Crippen LogP contribution >= 0.6 is 0 Å². The van der Waals surface area contributed by atoms with Gasteiger partial charge in [0, 0.05) is 24.1 Å². The minimum absolute atomic E-state index is 0.216. The average Bonchev–Trinajstić information content (AvgIpc) is 2.54. The number of aryl methyl sites for hydroxylation is 1. The molecule has 0 saturated heterocycles. The number of nitriles is 1. The van der Waals surface area contributed by atoms with Crippen molar-refractivity contribution in [1.29, 1.82) is 5.26 Å². The van der Waals surface area contributed by atoms with Crippen molar-refractivity contribution >= 4 is 17.4 Å². The molecule has 0 aliphatic heterocycles. The number of Topliss-reactive ketones (excluding diaryl/α,β-unsaturated/α-hetero) is 1. The zero-order valence-electron chi connectivity index (χ0n) is 10.0. The van der Waals surface area contributed by atoms with Gasteiger partial charge >= 0.3 is 0 Å². The van der Waals surface area contributed by atoms with E-state index in [0.717, 1.165) is 24.1 Å². The second kappa shape index (κ2) is 4.54. The van der Waals surface area contributed by atoms with Crippen LogP contribution in [0.2, 0.25) is 0 Å². The SMILES string of the molecule is Cc1oc(N=C2CCCC(=O)C2)c(C#N)c1C. The number of rotatable bonds is 1. The van der Waals surface area contributed by atoms with Gasteiger partial charge in [-0.3, -0.25) is 4.79 Å². The molecule has 0 radical (unpaired) electrons. The van der Waals surface area contributed by atoms with Crippen LogP contribution in [0.25, 0.3) is 0 Å². The van der Waals surface area contributed by atoms with E-state index >= 15 is 0 Å². The van der Waals surface area contributed by atoms with Gasteiger partial charge in [0.1, 0.15) is 23.2 Å². The predicted octanol–water partition coefficient (Wildman–Crippen LogP) is 2.98. The van der Waals surface area contributed by atoms with Gasteiger partial charge in [0.15, 0.2) is 0 Å². The van der Waals surface area contributed by atoms with Crippen LogP contribution in [0.5, 0.6) is 0 Å². The summed E-state index contributed by atoms with van der Waals surface area (Å²) in [6.07, 6.45) is 2.69. The van der Waals surface area contributed by atoms with Crippen LogP contribution in [0, 0.1) is 25.2 Å². The Labute approximate surface area is 100.0 Å². The highest BCUT2D eigenvalue weighted by Crippen LogP contribution is 2.29. The zero-order valence-corrected chi connectivity index (χ0v) is 10.0. The molecule has 0 N–H and O–H groups in total. The van der Waals surface area contributed by atoms with Gasteiger partial charge in [-0.05, 0) is 26.7 Å². The molecule has 1 aliphatic rings. The number of hydrogen-bond donors (Lipinski definition) is 0. The monoisotopic (exact) mass is 230 g/mol. The normalized spacial score (nSPS) is 18.4. The standard InChI is InChI=1S/C13H14N2O2/c1-8-9(2)17-13(12(8)7-14)15-10-4-3-5-11(16)6-10/h3-6H2,1-2H3. The molecule has 4 heteroatoms. The fourth-order valence-corrected chi connectivity index (χ4v) is 1.95. The van der Waals surface area contributed by atoms with Gasteiger partial charge in [-0.2, -0.15) is 5.26 Å². The smallest absolute Gasteiger partial charge is 0.237 e. The maximum absolute atomic E-state index is 11.3. The molecule has 0 unspecified atom stereocenters. The summed E-state index contributed by atoms with van der Waals surface area (Å²) in [6.45, 7) is 3.65. The number of carbonyl (C=O) groups excluding carboxylic acids is 1. The van der Waals surface area contributed by atoms with E-state index in [4.69, 9.17) is 9.68 Å². The lowest BCUT2D eigenvalue weighted by Gasteiger charge is -2.10. The van der Waals surface area contributed by atoms with E-state index in [9.17, 15) is 4.79 Å². The van der Waals surface area contributed by atoms with E-state index in [1.54, 1.807) is 0 Å². The Kier molecular flexibility index (Phi) is 3.10. The van der Waals surface area contributed by atoms with Crippen LogP contribution in [-0.2, 0) is 4.79 Å². The van der Waals surface area contributed by atoms with E-state index in [1.165, 1.54) is 0 Å². The molecule has 0 bridgehead atoms. The van der Waals surface area contributed by atoms with Gasteiger partial charge < -0.3 is 4.42 Å². The Morgan fingerprint density at radius 1 is 1.35 bits per heavy atom. The molecule has 0 atom stereocenters. The van der Waals surface area contributed by atoms with Crippen LogP contribution in [0.3, 0.4) is 0 Å². The molecule has 1 aromatic heterocycles. The van der Waals surface area contributed by atoms with Crippen molar-refractivity contribution < 1.29 is 9.21 Å². The fraction of sp³-hybridized carbons (Fsp3) is 0.462. The number of carbonyl (C=O) groups is 1. The summed E-state index contributed by atoms with van der Waals surface area (Å²) >= 11 is 0. The fourth-order valence-electron chi connectivity index (χ4n) is 1.95. The summed E-state index contributed by atoms with van der Waals surface area (Å²) in [6, 6.07) is 2.10. The highest BCUT2D eigenvalue weighted by molar-refractivity contribution is 6.04. The summed E-state index contributed by atoms with van der Waals surface area (Å²) < 4.78 is 5.45. The van der Waals surface area contributed by atoms with E-state index in [1.807, 2.05) is 13.8 Å². The van der Waals surface area contributed by atoms with Gasteiger partial charge in [0.05, 0.1) is 0 Å². The van der Waals surface area contributed by atoms with Crippen LogP contribution in [0.1, 0.15) is 42.6 Å². The lowest BCUT2D eigenvalue weighted by atomic mass is 9.97. The number of ketones is 1. The zero-order chi connectivity index (χ0) is 12.4. The van der Waals surface area contributed by atoms with Crippen molar-refractivity contribution in [1.82, 2.24) is 0 Å². The van der Waals surface area contributed by atoms with Gasteiger partial charge in [-0.1, -0.05) is 0 Å². The van der Waals surface area contributed by atoms with E-state index < -0.39 is 0 Å².